The third kappa shape index (κ3) is 3.10. The lowest BCUT2D eigenvalue weighted by Crippen LogP contribution is -2.15. The van der Waals surface area contributed by atoms with Crippen LogP contribution in [-0.2, 0) is 22.5 Å². The Bertz CT molecular complexity index is 507. The van der Waals surface area contributed by atoms with Crippen LogP contribution in [0.5, 0.6) is 0 Å². The Kier molecular flexibility index (Phi) is 3.99. The molecule has 0 N–H and O–H groups in total. The van der Waals surface area contributed by atoms with Crippen molar-refractivity contribution in [1.82, 2.24) is 4.98 Å². The van der Waals surface area contributed by atoms with E-state index in [-0.39, 0.29) is 12.4 Å². The van der Waals surface area contributed by atoms with Gasteiger partial charge in [-0.25, -0.2) is 4.98 Å². The van der Waals surface area contributed by atoms with E-state index in [1.807, 2.05) is 23.4 Å². The van der Waals surface area contributed by atoms with Crippen LogP contribution in [0.25, 0.3) is 0 Å². The van der Waals surface area contributed by atoms with Gasteiger partial charge in [0, 0.05) is 24.5 Å². The molecular formula is C12H14N2O3S. The topological polar surface area (TPSA) is 55.6 Å². The zero-order chi connectivity index (χ0) is 13.0. The smallest absolute Gasteiger partial charge is 0.311 e. The molecule has 0 aromatic carbocycles. The van der Waals surface area contributed by atoms with Gasteiger partial charge in [-0.15, -0.1) is 11.3 Å². The average Bonchev–Trinajstić information content (AvgIpc) is 3.00. The van der Waals surface area contributed by atoms with Crippen LogP contribution in [0.2, 0.25) is 0 Å². The van der Waals surface area contributed by atoms with Crippen LogP contribution >= 0.6 is 11.3 Å². The van der Waals surface area contributed by atoms with Crippen LogP contribution in [0.3, 0.4) is 0 Å². The molecule has 0 radical (unpaired) electrons. The second-order valence-corrected chi connectivity index (χ2v) is 4.70. The lowest BCUT2D eigenvalue weighted by molar-refractivity contribution is -0.139. The molecule has 0 unspecified atom stereocenters. The summed E-state index contributed by atoms with van der Waals surface area (Å²) >= 11 is 1.51. The molecule has 2 heterocycles. The van der Waals surface area contributed by atoms with Gasteiger partial charge in [-0.05, 0) is 6.07 Å². The number of esters is 1. The summed E-state index contributed by atoms with van der Waals surface area (Å²) in [6, 6.07) is 1.92. The first-order chi connectivity index (χ1) is 8.69. The number of furan rings is 1. The first kappa shape index (κ1) is 12.6. The molecule has 0 saturated carbocycles. The highest BCUT2D eigenvalue weighted by atomic mass is 32.1. The predicted octanol–water partition coefficient (Wildman–Crippen LogP) is 2.09. The molecule has 0 bridgehead atoms. The molecule has 2 aromatic rings. The van der Waals surface area contributed by atoms with E-state index in [0.29, 0.717) is 0 Å². The molecule has 5 nitrogen and oxygen atoms in total. The zero-order valence-electron chi connectivity index (χ0n) is 10.3. The highest BCUT2D eigenvalue weighted by Crippen LogP contribution is 2.21. The first-order valence-electron chi connectivity index (χ1n) is 5.42. The maximum Gasteiger partial charge on any atom is 0.311 e. The summed E-state index contributed by atoms with van der Waals surface area (Å²) in [5.41, 5.74) is 1.82. The number of thiazole rings is 1. The number of carbonyl (C=O) groups excluding carboxylic acids is 1. The van der Waals surface area contributed by atoms with Gasteiger partial charge in [-0.1, -0.05) is 0 Å². The van der Waals surface area contributed by atoms with Gasteiger partial charge in [0.05, 0.1) is 31.8 Å². The molecule has 96 valence electrons. The minimum Gasteiger partial charge on any atom is -0.472 e. The number of methoxy groups -OCH3 is 1. The second-order valence-electron chi connectivity index (χ2n) is 3.86. The molecule has 0 aliphatic heterocycles. The third-order valence-corrected chi connectivity index (χ3v) is 3.42. The second kappa shape index (κ2) is 5.68. The fraction of sp³-hybridized carbons (Fsp3) is 0.333. The Morgan fingerprint density at radius 2 is 2.44 bits per heavy atom. The van der Waals surface area contributed by atoms with E-state index in [2.05, 4.69) is 9.72 Å². The van der Waals surface area contributed by atoms with E-state index >= 15 is 0 Å². The van der Waals surface area contributed by atoms with E-state index < -0.39 is 0 Å². The zero-order valence-corrected chi connectivity index (χ0v) is 11.1. The molecule has 0 fully saturated rings. The number of rotatable bonds is 5. The van der Waals surface area contributed by atoms with Crippen LogP contribution in [0, 0.1) is 0 Å². The lowest BCUT2D eigenvalue weighted by atomic mass is 10.3. The summed E-state index contributed by atoms with van der Waals surface area (Å²) in [7, 11) is 3.33. The van der Waals surface area contributed by atoms with Crippen molar-refractivity contribution in [2.24, 2.45) is 0 Å². The van der Waals surface area contributed by atoms with E-state index in [9.17, 15) is 4.79 Å². The van der Waals surface area contributed by atoms with Crippen molar-refractivity contribution >= 4 is 22.4 Å². The van der Waals surface area contributed by atoms with Crippen LogP contribution in [0.4, 0.5) is 5.13 Å². The monoisotopic (exact) mass is 266 g/mol. The molecule has 0 amide bonds. The lowest BCUT2D eigenvalue weighted by Gasteiger charge is -2.13. The van der Waals surface area contributed by atoms with Crippen LogP contribution < -0.4 is 4.90 Å². The van der Waals surface area contributed by atoms with E-state index in [0.717, 1.165) is 22.9 Å². The SMILES string of the molecule is COC(=O)Cc1csc(N(C)Cc2ccoc2)n1. The standard InChI is InChI=1S/C12H14N2O3S/c1-14(6-9-3-4-17-7-9)12-13-10(8-18-12)5-11(15)16-2/h3-4,7-8H,5-6H2,1-2H3. The molecule has 18 heavy (non-hydrogen) atoms. The van der Waals surface area contributed by atoms with Gasteiger partial charge in [-0.2, -0.15) is 0 Å². The summed E-state index contributed by atoms with van der Waals surface area (Å²) < 4.78 is 9.63. The Morgan fingerprint density at radius 3 is 3.11 bits per heavy atom. The van der Waals surface area contributed by atoms with E-state index in [1.165, 1.54) is 18.4 Å². The van der Waals surface area contributed by atoms with Crippen molar-refractivity contribution in [2.45, 2.75) is 13.0 Å². The maximum absolute atomic E-state index is 11.1. The molecule has 0 spiro atoms. The number of hydrogen-bond acceptors (Lipinski definition) is 6. The Hall–Kier alpha value is -1.82. The molecular weight excluding hydrogens is 252 g/mol. The van der Waals surface area contributed by atoms with E-state index in [1.54, 1.807) is 12.5 Å². The van der Waals surface area contributed by atoms with Crippen molar-refractivity contribution in [3.05, 3.63) is 35.2 Å². The highest BCUT2D eigenvalue weighted by molar-refractivity contribution is 7.13. The minimum atomic E-state index is -0.274. The highest BCUT2D eigenvalue weighted by Gasteiger charge is 2.11. The third-order valence-electron chi connectivity index (χ3n) is 2.42. The molecule has 2 aromatic heterocycles. The molecule has 0 aliphatic rings. The summed E-state index contributed by atoms with van der Waals surface area (Å²) in [6.45, 7) is 0.724. The summed E-state index contributed by atoms with van der Waals surface area (Å²) in [4.78, 5) is 17.5. The number of aromatic nitrogens is 1. The first-order valence-corrected chi connectivity index (χ1v) is 6.30. The molecule has 0 atom stereocenters. The summed E-state index contributed by atoms with van der Waals surface area (Å²) in [6.07, 6.45) is 3.57. The number of carbonyl (C=O) groups is 1. The normalized spacial score (nSPS) is 10.3. The van der Waals surface area contributed by atoms with Crippen molar-refractivity contribution in [2.75, 3.05) is 19.1 Å². The molecule has 6 heteroatoms. The van der Waals surface area contributed by atoms with Gasteiger partial charge in [-0.3, -0.25) is 4.79 Å². The Balaban J connectivity index is 1.98. The van der Waals surface area contributed by atoms with Crippen LogP contribution in [0.15, 0.2) is 28.4 Å². The van der Waals surface area contributed by atoms with Crippen LogP contribution in [-0.4, -0.2) is 25.1 Å². The Labute approximate surface area is 109 Å². The number of nitrogens with zero attached hydrogens (tertiary/aromatic N) is 2. The van der Waals surface area contributed by atoms with Crippen molar-refractivity contribution < 1.29 is 13.9 Å². The maximum atomic E-state index is 11.1. The number of anilines is 1. The molecule has 0 saturated heterocycles. The van der Waals surface area contributed by atoms with Gasteiger partial charge >= 0.3 is 5.97 Å². The molecule has 0 aliphatic carbocycles. The van der Waals surface area contributed by atoms with E-state index in [4.69, 9.17) is 4.42 Å². The van der Waals surface area contributed by atoms with Gasteiger partial charge in [0.2, 0.25) is 0 Å². The van der Waals surface area contributed by atoms with Gasteiger partial charge in [0.25, 0.3) is 0 Å². The van der Waals surface area contributed by atoms with Gasteiger partial charge < -0.3 is 14.1 Å². The number of ether oxygens (including phenoxy) is 1. The average molecular weight is 266 g/mol. The quantitative estimate of drug-likeness (QED) is 0.776. The fourth-order valence-electron chi connectivity index (χ4n) is 1.50. The van der Waals surface area contributed by atoms with Crippen molar-refractivity contribution in [3.63, 3.8) is 0 Å². The summed E-state index contributed by atoms with van der Waals surface area (Å²) in [5, 5.41) is 2.74. The van der Waals surface area contributed by atoms with Gasteiger partial charge in [0.15, 0.2) is 5.13 Å². The van der Waals surface area contributed by atoms with Crippen molar-refractivity contribution in [1.29, 1.82) is 0 Å². The minimum absolute atomic E-state index is 0.215. The van der Waals surface area contributed by atoms with Gasteiger partial charge in [0.1, 0.15) is 0 Å². The largest absolute Gasteiger partial charge is 0.472 e. The predicted molar refractivity (Wildman–Crippen MR) is 68.6 cm³/mol. The van der Waals surface area contributed by atoms with Crippen LogP contribution in [0.1, 0.15) is 11.3 Å². The number of hydrogen-bond donors (Lipinski definition) is 0. The fourth-order valence-corrected chi connectivity index (χ4v) is 2.29. The Morgan fingerprint density at radius 1 is 1.61 bits per heavy atom. The molecule has 2 rings (SSSR count). The van der Waals surface area contributed by atoms with Crippen molar-refractivity contribution in [3.8, 4) is 0 Å². The summed E-state index contributed by atoms with van der Waals surface area (Å²) in [5.74, 6) is -0.274.